The van der Waals surface area contributed by atoms with Gasteiger partial charge < -0.3 is 0 Å². The van der Waals surface area contributed by atoms with Crippen LogP contribution in [0.3, 0.4) is 0 Å². The molecule has 0 spiro atoms. The molecule has 0 aromatic heterocycles. The topological polar surface area (TPSA) is 0 Å². The molecule has 12 heavy (non-hydrogen) atoms. The Balaban J connectivity index is 1.96. The second-order valence-electron chi connectivity index (χ2n) is 5.18. The first-order chi connectivity index (χ1) is 5.68. The van der Waals surface area contributed by atoms with Crippen molar-refractivity contribution in [3.63, 3.8) is 0 Å². The fourth-order valence-corrected chi connectivity index (χ4v) is 4.04. The van der Waals surface area contributed by atoms with Crippen molar-refractivity contribution in [2.75, 3.05) is 0 Å². The van der Waals surface area contributed by atoms with Gasteiger partial charge in [-0.05, 0) is 35.5 Å². The van der Waals surface area contributed by atoms with Gasteiger partial charge in [-0.25, -0.2) is 0 Å². The monoisotopic (exact) mass is 166 g/mol. The molecule has 0 aliphatic heterocycles. The molecule has 0 nitrogen and oxygen atoms in total. The van der Waals surface area contributed by atoms with Gasteiger partial charge in [-0.15, -0.1) is 0 Å². The Kier molecular flexibility index (Phi) is 1.97. The van der Waals surface area contributed by atoms with Gasteiger partial charge in [0.05, 0.1) is 0 Å². The molecule has 0 bridgehead atoms. The molecule has 2 rings (SSSR count). The molecule has 2 saturated carbocycles. The maximum absolute atomic E-state index is 2.48. The van der Waals surface area contributed by atoms with Crippen LogP contribution in [0.5, 0.6) is 0 Å². The van der Waals surface area contributed by atoms with E-state index in [1.165, 1.54) is 12.8 Å². The van der Waals surface area contributed by atoms with E-state index in [9.17, 15) is 0 Å². The molecule has 70 valence electrons. The van der Waals surface area contributed by atoms with Gasteiger partial charge in [-0.2, -0.15) is 0 Å². The number of fused-ring (bicyclic) bond motifs is 1. The highest BCUT2D eigenvalue weighted by Crippen LogP contribution is 2.65. The second kappa shape index (κ2) is 2.75. The lowest BCUT2D eigenvalue weighted by Crippen LogP contribution is -2.61. The molecule has 2 fully saturated rings. The minimum absolute atomic E-state index is 1.03. The Bertz CT molecular complexity index is 173. The lowest BCUT2D eigenvalue weighted by atomic mass is 9.38. The SMILES string of the molecule is CCCC1C(C)C2C(C)C(C)C12. The molecule has 0 radical (unpaired) electrons. The van der Waals surface area contributed by atoms with E-state index in [-0.39, 0.29) is 0 Å². The van der Waals surface area contributed by atoms with E-state index in [0.29, 0.717) is 0 Å². The van der Waals surface area contributed by atoms with Crippen molar-refractivity contribution >= 4 is 0 Å². The Morgan fingerprint density at radius 2 is 1.42 bits per heavy atom. The molecule has 2 aliphatic carbocycles. The van der Waals surface area contributed by atoms with Gasteiger partial charge in [-0.1, -0.05) is 40.5 Å². The summed E-state index contributed by atoms with van der Waals surface area (Å²) in [6, 6.07) is 0. The maximum Gasteiger partial charge on any atom is -0.0321 e. The van der Waals surface area contributed by atoms with Gasteiger partial charge in [0, 0.05) is 0 Å². The first kappa shape index (κ1) is 8.59. The minimum Gasteiger partial charge on any atom is -0.0654 e. The summed E-state index contributed by atoms with van der Waals surface area (Å²) in [5.74, 6) is 6.42. The van der Waals surface area contributed by atoms with E-state index in [1.54, 1.807) is 0 Å². The van der Waals surface area contributed by atoms with E-state index < -0.39 is 0 Å². The van der Waals surface area contributed by atoms with Crippen LogP contribution in [-0.4, -0.2) is 0 Å². The summed E-state index contributed by atoms with van der Waals surface area (Å²) in [5.41, 5.74) is 0. The van der Waals surface area contributed by atoms with Crippen LogP contribution >= 0.6 is 0 Å². The Morgan fingerprint density at radius 1 is 0.833 bits per heavy atom. The highest BCUT2D eigenvalue weighted by Gasteiger charge is 2.60. The number of hydrogen-bond acceptors (Lipinski definition) is 0. The van der Waals surface area contributed by atoms with Crippen molar-refractivity contribution in [1.82, 2.24) is 0 Å². The molecule has 0 aromatic carbocycles. The standard InChI is InChI=1S/C12H22/c1-5-6-10-9(4)11-7(2)8(3)12(10)11/h7-12H,5-6H2,1-4H3. The van der Waals surface area contributed by atoms with Gasteiger partial charge in [0.1, 0.15) is 0 Å². The predicted molar refractivity (Wildman–Crippen MR) is 52.9 cm³/mol. The summed E-state index contributed by atoms with van der Waals surface area (Å²) < 4.78 is 0. The van der Waals surface area contributed by atoms with Crippen LogP contribution in [0.1, 0.15) is 40.5 Å². The van der Waals surface area contributed by atoms with E-state index >= 15 is 0 Å². The summed E-state index contributed by atoms with van der Waals surface area (Å²) in [5, 5.41) is 0. The summed E-state index contributed by atoms with van der Waals surface area (Å²) in [6.45, 7) is 9.71. The average Bonchev–Trinajstić information content (AvgIpc) is 2.07. The summed E-state index contributed by atoms with van der Waals surface area (Å²) in [6.07, 6.45) is 2.87. The van der Waals surface area contributed by atoms with Crippen LogP contribution in [0.15, 0.2) is 0 Å². The molecular formula is C12H22. The third kappa shape index (κ3) is 0.843. The van der Waals surface area contributed by atoms with Crippen molar-refractivity contribution in [3.8, 4) is 0 Å². The molecular weight excluding hydrogens is 144 g/mol. The Hall–Kier alpha value is 0. The molecule has 0 aromatic rings. The van der Waals surface area contributed by atoms with E-state index in [4.69, 9.17) is 0 Å². The molecule has 0 heterocycles. The second-order valence-corrected chi connectivity index (χ2v) is 5.18. The quantitative estimate of drug-likeness (QED) is 0.588. The first-order valence-corrected chi connectivity index (χ1v) is 5.68. The zero-order valence-electron chi connectivity index (χ0n) is 8.88. The van der Waals surface area contributed by atoms with Crippen LogP contribution in [0.25, 0.3) is 0 Å². The highest BCUT2D eigenvalue weighted by molar-refractivity contribution is 5.07. The fourth-order valence-electron chi connectivity index (χ4n) is 4.04. The van der Waals surface area contributed by atoms with E-state index in [2.05, 4.69) is 27.7 Å². The molecule has 0 saturated heterocycles. The smallest absolute Gasteiger partial charge is 0.0321 e. The average molecular weight is 166 g/mol. The number of hydrogen-bond donors (Lipinski definition) is 0. The van der Waals surface area contributed by atoms with Gasteiger partial charge in [0.25, 0.3) is 0 Å². The van der Waals surface area contributed by atoms with Gasteiger partial charge in [0.2, 0.25) is 0 Å². The van der Waals surface area contributed by atoms with Crippen LogP contribution in [0.2, 0.25) is 0 Å². The van der Waals surface area contributed by atoms with Crippen LogP contribution in [0, 0.1) is 35.5 Å². The molecule has 0 N–H and O–H groups in total. The van der Waals surface area contributed by atoms with Crippen molar-refractivity contribution in [1.29, 1.82) is 0 Å². The zero-order valence-corrected chi connectivity index (χ0v) is 8.88. The Labute approximate surface area is 76.7 Å². The fraction of sp³-hybridized carbons (Fsp3) is 1.00. The van der Waals surface area contributed by atoms with Gasteiger partial charge >= 0.3 is 0 Å². The van der Waals surface area contributed by atoms with Crippen LogP contribution < -0.4 is 0 Å². The van der Waals surface area contributed by atoms with Crippen LogP contribution in [-0.2, 0) is 0 Å². The molecule has 6 unspecified atom stereocenters. The van der Waals surface area contributed by atoms with Crippen molar-refractivity contribution < 1.29 is 0 Å². The van der Waals surface area contributed by atoms with Crippen molar-refractivity contribution in [3.05, 3.63) is 0 Å². The lowest BCUT2D eigenvalue weighted by Gasteiger charge is -2.66. The zero-order chi connectivity index (χ0) is 8.88. The predicted octanol–water partition coefficient (Wildman–Crippen LogP) is 3.57. The van der Waals surface area contributed by atoms with Crippen molar-refractivity contribution in [2.45, 2.75) is 40.5 Å². The maximum atomic E-state index is 2.48. The van der Waals surface area contributed by atoms with Crippen molar-refractivity contribution in [2.24, 2.45) is 35.5 Å². The van der Waals surface area contributed by atoms with E-state index in [0.717, 1.165) is 35.5 Å². The summed E-state index contributed by atoms with van der Waals surface area (Å²) in [4.78, 5) is 0. The molecule has 0 amide bonds. The first-order valence-electron chi connectivity index (χ1n) is 5.68. The third-order valence-electron chi connectivity index (χ3n) is 4.89. The summed E-state index contributed by atoms with van der Waals surface area (Å²) >= 11 is 0. The summed E-state index contributed by atoms with van der Waals surface area (Å²) in [7, 11) is 0. The molecule has 0 heteroatoms. The van der Waals surface area contributed by atoms with Gasteiger partial charge in [-0.3, -0.25) is 0 Å². The third-order valence-corrected chi connectivity index (χ3v) is 4.89. The number of rotatable bonds is 2. The molecule has 6 atom stereocenters. The van der Waals surface area contributed by atoms with E-state index in [1.807, 2.05) is 0 Å². The largest absolute Gasteiger partial charge is 0.0654 e. The Morgan fingerprint density at radius 3 is 2.00 bits per heavy atom. The normalized spacial score (nSPS) is 57.0. The molecule has 2 aliphatic rings. The lowest BCUT2D eigenvalue weighted by molar-refractivity contribution is -0.188. The van der Waals surface area contributed by atoms with Crippen LogP contribution in [0.4, 0.5) is 0 Å². The van der Waals surface area contributed by atoms with Gasteiger partial charge in [0.15, 0.2) is 0 Å². The highest BCUT2D eigenvalue weighted by atomic mass is 14.6. The minimum atomic E-state index is 1.03.